The van der Waals surface area contributed by atoms with Gasteiger partial charge in [-0.2, -0.15) is 0 Å². The molecule has 0 aromatic heterocycles. The van der Waals surface area contributed by atoms with Gasteiger partial charge in [-0.15, -0.1) is 0 Å². The summed E-state index contributed by atoms with van der Waals surface area (Å²) in [7, 11) is 0. The summed E-state index contributed by atoms with van der Waals surface area (Å²) in [4.78, 5) is 33.9. The zero-order chi connectivity index (χ0) is 16.0. The molecular formula is C14H18N2O5. The second kappa shape index (κ2) is 7.28. The van der Waals surface area contributed by atoms with Crippen LogP contribution in [0.2, 0.25) is 0 Å². The molecule has 0 saturated heterocycles. The molecule has 1 aromatic rings. The Kier molecular flexibility index (Phi) is 5.71. The number of amides is 2. The first kappa shape index (κ1) is 16.5. The number of rotatable bonds is 6. The first-order chi connectivity index (χ1) is 9.79. The van der Waals surface area contributed by atoms with Crippen LogP contribution in [0.1, 0.15) is 19.4 Å². The summed E-state index contributed by atoms with van der Waals surface area (Å²) in [6.07, 6.45) is 0.0775. The van der Waals surface area contributed by atoms with Crippen molar-refractivity contribution in [3.63, 3.8) is 0 Å². The number of carboxylic acid groups (broad SMARTS) is 1. The maximum absolute atomic E-state index is 11.8. The van der Waals surface area contributed by atoms with Gasteiger partial charge in [0.2, 0.25) is 11.8 Å². The highest BCUT2D eigenvalue weighted by Crippen LogP contribution is 2.11. The number of hydrogen-bond donors (Lipinski definition) is 4. The second-order valence-electron chi connectivity index (χ2n) is 4.69. The number of benzene rings is 1. The second-order valence-corrected chi connectivity index (χ2v) is 4.69. The number of nitrogens with one attached hydrogen (secondary N) is 2. The van der Waals surface area contributed by atoms with Gasteiger partial charge in [-0.1, -0.05) is 12.1 Å². The molecule has 2 amide bonds. The average Bonchev–Trinajstić information content (AvgIpc) is 2.39. The Morgan fingerprint density at radius 3 is 2.19 bits per heavy atom. The Labute approximate surface area is 122 Å². The van der Waals surface area contributed by atoms with E-state index in [4.69, 9.17) is 5.11 Å². The number of phenolic OH excluding ortho intramolecular Hbond substituents is 1. The summed E-state index contributed by atoms with van der Waals surface area (Å²) in [5.41, 5.74) is 0.660. The summed E-state index contributed by atoms with van der Waals surface area (Å²) in [6.45, 7) is 2.74. The molecule has 21 heavy (non-hydrogen) atoms. The van der Waals surface area contributed by atoms with Crippen LogP contribution in [0, 0.1) is 0 Å². The van der Waals surface area contributed by atoms with Gasteiger partial charge in [-0.3, -0.25) is 9.59 Å². The molecule has 1 rings (SSSR count). The van der Waals surface area contributed by atoms with Crippen molar-refractivity contribution in [3.8, 4) is 5.75 Å². The fraction of sp³-hybridized carbons (Fsp3) is 0.357. The molecule has 0 aliphatic rings. The Hall–Kier alpha value is -2.57. The van der Waals surface area contributed by atoms with Crippen LogP contribution in [-0.2, 0) is 20.8 Å². The monoisotopic (exact) mass is 294 g/mol. The van der Waals surface area contributed by atoms with Crippen LogP contribution in [0.25, 0.3) is 0 Å². The normalized spacial score (nSPS) is 13.0. The largest absolute Gasteiger partial charge is 0.508 e. The molecule has 0 heterocycles. The number of phenols is 1. The van der Waals surface area contributed by atoms with Crippen molar-refractivity contribution in [1.29, 1.82) is 0 Å². The summed E-state index contributed by atoms with van der Waals surface area (Å²) >= 11 is 0. The number of aromatic hydroxyl groups is 1. The van der Waals surface area contributed by atoms with Gasteiger partial charge in [-0.05, 0) is 24.6 Å². The van der Waals surface area contributed by atoms with E-state index < -0.39 is 24.0 Å². The summed E-state index contributed by atoms with van der Waals surface area (Å²) in [5.74, 6) is -2.04. The van der Waals surface area contributed by atoms with Crippen molar-refractivity contribution in [3.05, 3.63) is 29.8 Å². The van der Waals surface area contributed by atoms with Crippen molar-refractivity contribution in [2.45, 2.75) is 32.4 Å². The SMILES string of the molecule is CC(=O)N[C@@H](C)C(=O)N[C@@H](Cc1ccc(O)cc1)C(=O)O. The molecule has 0 radical (unpaired) electrons. The number of aliphatic carboxylic acids is 1. The van der Waals surface area contributed by atoms with Gasteiger partial charge >= 0.3 is 5.97 Å². The van der Waals surface area contributed by atoms with Gasteiger partial charge < -0.3 is 20.8 Å². The molecule has 1 aromatic carbocycles. The van der Waals surface area contributed by atoms with Gasteiger partial charge in [0.25, 0.3) is 0 Å². The molecule has 0 fully saturated rings. The molecule has 0 unspecified atom stereocenters. The van der Waals surface area contributed by atoms with Gasteiger partial charge in [0.1, 0.15) is 17.8 Å². The summed E-state index contributed by atoms with van der Waals surface area (Å²) < 4.78 is 0. The third-order valence-corrected chi connectivity index (χ3v) is 2.80. The van der Waals surface area contributed by atoms with E-state index in [1.165, 1.54) is 26.0 Å². The number of carbonyl (C=O) groups is 3. The maximum atomic E-state index is 11.8. The molecular weight excluding hydrogens is 276 g/mol. The minimum absolute atomic E-state index is 0.0775. The molecule has 0 aliphatic heterocycles. The molecule has 0 saturated carbocycles. The van der Waals surface area contributed by atoms with E-state index in [2.05, 4.69) is 10.6 Å². The lowest BCUT2D eigenvalue weighted by Crippen LogP contribution is -2.50. The number of carbonyl (C=O) groups excluding carboxylic acids is 2. The molecule has 4 N–H and O–H groups in total. The Balaban J connectivity index is 2.69. The number of carboxylic acids is 1. The van der Waals surface area contributed by atoms with E-state index in [0.717, 1.165) is 0 Å². The molecule has 0 aliphatic carbocycles. The Bertz CT molecular complexity index is 527. The Morgan fingerprint density at radius 1 is 1.14 bits per heavy atom. The lowest BCUT2D eigenvalue weighted by molar-refractivity contribution is -0.142. The third-order valence-electron chi connectivity index (χ3n) is 2.80. The quantitative estimate of drug-likeness (QED) is 0.590. The van der Waals surface area contributed by atoms with Gasteiger partial charge in [0.05, 0.1) is 0 Å². The predicted octanol–water partition coefficient (Wildman–Crippen LogP) is 0.0287. The minimum Gasteiger partial charge on any atom is -0.508 e. The standard InChI is InChI=1S/C14H18N2O5/c1-8(15-9(2)17)13(19)16-12(14(20)21)7-10-3-5-11(18)6-4-10/h3-6,8,12,18H,7H2,1-2H3,(H,15,17)(H,16,19)(H,20,21)/t8-,12-/m0/s1. The van der Waals surface area contributed by atoms with Crippen LogP contribution >= 0.6 is 0 Å². The van der Waals surface area contributed by atoms with E-state index in [1.54, 1.807) is 12.1 Å². The lowest BCUT2D eigenvalue weighted by atomic mass is 10.1. The van der Waals surface area contributed by atoms with Crippen LogP contribution in [0.5, 0.6) is 5.75 Å². The van der Waals surface area contributed by atoms with Crippen LogP contribution in [-0.4, -0.2) is 40.1 Å². The summed E-state index contributed by atoms with van der Waals surface area (Å²) in [6, 6.07) is 4.11. The fourth-order valence-corrected chi connectivity index (χ4v) is 1.73. The lowest BCUT2D eigenvalue weighted by Gasteiger charge is -2.18. The molecule has 114 valence electrons. The highest BCUT2D eigenvalue weighted by atomic mass is 16.4. The smallest absolute Gasteiger partial charge is 0.326 e. The zero-order valence-corrected chi connectivity index (χ0v) is 11.8. The van der Waals surface area contributed by atoms with E-state index in [0.29, 0.717) is 5.56 Å². The van der Waals surface area contributed by atoms with Crippen LogP contribution in [0.15, 0.2) is 24.3 Å². The highest BCUT2D eigenvalue weighted by Gasteiger charge is 2.23. The van der Waals surface area contributed by atoms with Crippen molar-refractivity contribution < 1.29 is 24.6 Å². The van der Waals surface area contributed by atoms with Crippen molar-refractivity contribution >= 4 is 17.8 Å². The third kappa shape index (κ3) is 5.52. The van der Waals surface area contributed by atoms with E-state index in [9.17, 15) is 19.5 Å². The first-order valence-electron chi connectivity index (χ1n) is 6.37. The van der Waals surface area contributed by atoms with Crippen molar-refractivity contribution in [1.82, 2.24) is 10.6 Å². The molecule has 0 spiro atoms. The number of hydrogen-bond acceptors (Lipinski definition) is 4. The van der Waals surface area contributed by atoms with Gasteiger partial charge in [0, 0.05) is 13.3 Å². The van der Waals surface area contributed by atoms with Crippen LogP contribution in [0.4, 0.5) is 0 Å². The van der Waals surface area contributed by atoms with Crippen molar-refractivity contribution in [2.75, 3.05) is 0 Å². The zero-order valence-electron chi connectivity index (χ0n) is 11.8. The van der Waals surface area contributed by atoms with Gasteiger partial charge in [0.15, 0.2) is 0 Å². The van der Waals surface area contributed by atoms with Crippen LogP contribution < -0.4 is 10.6 Å². The molecule has 2 atom stereocenters. The first-order valence-corrected chi connectivity index (χ1v) is 6.37. The Morgan fingerprint density at radius 2 is 1.71 bits per heavy atom. The highest BCUT2D eigenvalue weighted by molar-refractivity contribution is 5.89. The minimum atomic E-state index is -1.17. The fourth-order valence-electron chi connectivity index (χ4n) is 1.73. The molecule has 7 nitrogen and oxygen atoms in total. The van der Waals surface area contributed by atoms with Crippen molar-refractivity contribution in [2.24, 2.45) is 0 Å². The van der Waals surface area contributed by atoms with Gasteiger partial charge in [-0.25, -0.2) is 4.79 Å². The van der Waals surface area contributed by atoms with Crippen LogP contribution in [0.3, 0.4) is 0 Å². The maximum Gasteiger partial charge on any atom is 0.326 e. The molecule has 0 bridgehead atoms. The molecule has 7 heteroatoms. The average molecular weight is 294 g/mol. The van der Waals surface area contributed by atoms with E-state index >= 15 is 0 Å². The predicted molar refractivity (Wildman–Crippen MR) is 74.7 cm³/mol. The summed E-state index contributed by atoms with van der Waals surface area (Å²) in [5, 5.41) is 23.1. The topological polar surface area (TPSA) is 116 Å². The van der Waals surface area contributed by atoms with E-state index in [1.807, 2.05) is 0 Å². The van der Waals surface area contributed by atoms with E-state index in [-0.39, 0.29) is 18.1 Å².